The lowest BCUT2D eigenvalue weighted by Gasteiger charge is -2.09. The Labute approximate surface area is 165 Å². The molecule has 0 fully saturated rings. The first-order valence-electron chi connectivity index (χ1n) is 9.69. The number of carbonyl (C=O) groups is 1. The van der Waals surface area contributed by atoms with Crippen LogP contribution < -0.4 is 5.43 Å². The summed E-state index contributed by atoms with van der Waals surface area (Å²) >= 11 is 0. The van der Waals surface area contributed by atoms with Crippen LogP contribution in [0.2, 0.25) is 0 Å². The number of aryl methyl sites for hydroxylation is 1. The van der Waals surface area contributed by atoms with Crippen LogP contribution in [0.25, 0.3) is 10.9 Å². The highest BCUT2D eigenvalue weighted by atomic mass is 16.3. The van der Waals surface area contributed by atoms with E-state index in [0.29, 0.717) is 11.1 Å². The van der Waals surface area contributed by atoms with Crippen LogP contribution in [0.15, 0.2) is 59.7 Å². The van der Waals surface area contributed by atoms with Gasteiger partial charge in [0.05, 0.1) is 17.3 Å². The molecule has 1 aromatic heterocycles. The Morgan fingerprint density at radius 3 is 2.71 bits per heavy atom. The summed E-state index contributed by atoms with van der Waals surface area (Å²) in [5, 5.41) is 14.6. The van der Waals surface area contributed by atoms with Crippen molar-refractivity contribution in [3.05, 3.63) is 71.4 Å². The van der Waals surface area contributed by atoms with Gasteiger partial charge in [-0.05, 0) is 37.1 Å². The van der Waals surface area contributed by atoms with Gasteiger partial charge in [-0.1, -0.05) is 56.5 Å². The second kappa shape index (κ2) is 9.65. The number of pyridine rings is 1. The molecule has 0 bridgehead atoms. The van der Waals surface area contributed by atoms with Gasteiger partial charge in [0.1, 0.15) is 5.75 Å². The summed E-state index contributed by atoms with van der Waals surface area (Å²) in [6.07, 6.45) is 6.91. The fourth-order valence-corrected chi connectivity index (χ4v) is 3.10. The van der Waals surface area contributed by atoms with E-state index in [-0.39, 0.29) is 11.7 Å². The Hall–Kier alpha value is -3.21. The lowest BCUT2D eigenvalue weighted by atomic mass is 10.0. The average Bonchev–Trinajstić information content (AvgIpc) is 2.72. The first-order valence-corrected chi connectivity index (χ1v) is 9.69. The number of aromatic nitrogens is 1. The number of hydrazone groups is 1. The number of benzene rings is 2. The monoisotopic (exact) mass is 375 g/mol. The minimum atomic E-state index is -0.292. The second-order valence-corrected chi connectivity index (χ2v) is 6.75. The van der Waals surface area contributed by atoms with E-state index in [1.54, 1.807) is 24.3 Å². The number of nitrogens with one attached hydrogen (secondary N) is 1. The molecule has 5 nitrogen and oxygen atoms in total. The number of aromatic hydroxyl groups is 1. The number of para-hydroxylation sites is 2. The van der Waals surface area contributed by atoms with E-state index in [2.05, 4.69) is 17.5 Å². The number of unbranched alkanes of at least 4 members (excludes halogenated alkanes) is 3. The maximum atomic E-state index is 12.7. The van der Waals surface area contributed by atoms with E-state index in [4.69, 9.17) is 4.98 Å². The van der Waals surface area contributed by atoms with E-state index in [1.165, 1.54) is 19.1 Å². The molecule has 0 aliphatic carbocycles. The van der Waals surface area contributed by atoms with E-state index in [9.17, 15) is 9.90 Å². The third-order valence-corrected chi connectivity index (χ3v) is 4.61. The van der Waals surface area contributed by atoms with Gasteiger partial charge in [-0.25, -0.2) is 5.43 Å². The van der Waals surface area contributed by atoms with Crippen LogP contribution >= 0.6 is 0 Å². The zero-order chi connectivity index (χ0) is 19.8. The van der Waals surface area contributed by atoms with Crippen molar-refractivity contribution >= 4 is 23.0 Å². The van der Waals surface area contributed by atoms with Crippen LogP contribution in [-0.2, 0) is 6.42 Å². The van der Waals surface area contributed by atoms with Gasteiger partial charge in [0.25, 0.3) is 5.91 Å². The van der Waals surface area contributed by atoms with Crippen LogP contribution in [0.4, 0.5) is 0 Å². The number of fused-ring (bicyclic) bond motifs is 1. The van der Waals surface area contributed by atoms with Crippen LogP contribution in [0, 0.1) is 0 Å². The number of phenolic OH excluding ortho intramolecular Hbond substituents is 1. The molecule has 1 heterocycles. The van der Waals surface area contributed by atoms with Crippen molar-refractivity contribution < 1.29 is 9.90 Å². The van der Waals surface area contributed by atoms with Crippen molar-refractivity contribution in [2.45, 2.75) is 39.0 Å². The summed E-state index contributed by atoms with van der Waals surface area (Å²) in [4.78, 5) is 17.5. The van der Waals surface area contributed by atoms with Crippen molar-refractivity contribution in [2.24, 2.45) is 5.10 Å². The van der Waals surface area contributed by atoms with Gasteiger partial charge >= 0.3 is 0 Å². The molecule has 5 heteroatoms. The molecular formula is C23H25N3O2. The Balaban J connectivity index is 1.79. The molecule has 3 aromatic rings. The maximum Gasteiger partial charge on any atom is 0.272 e. The van der Waals surface area contributed by atoms with Crippen molar-refractivity contribution in [3.8, 4) is 5.75 Å². The van der Waals surface area contributed by atoms with Gasteiger partial charge in [-0.2, -0.15) is 5.10 Å². The molecule has 0 saturated heterocycles. The number of phenols is 1. The smallest absolute Gasteiger partial charge is 0.272 e. The standard InChI is InChI=1S/C23H25N3O2/c1-2-3-4-5-11-18-15-20(19-12-7-8-13-21(19)25-18)23(28)26-24-16-17-10-6-9-14-22(17)27/h6-10,12-16,27H,2-5,11H2,1H3,(H,26,28)/b24-16+. The summed E-state index contributed by atoms with van der Waals surface area (Å²) < 4.78 is 0. The molecule has 0 aliphatic rings. The van der Waals surface area contributed by atoms with Crippen LogP contribution in [0.5, 0.6) is 5.75 Å². The van der Waals surface area contributed by atoms with Gasteiger partial charge < -0.3 is 5.11 Å². The third kappa shape index (κ3) is 4.94. The number of rotatable bonds is 8. The first-order chi connectivity index (χ1) is 13.7. The van der Waals surface area contributed by atoms with Gasteiger partial charge in [-0.15, -0.1) is 0 Å². The number of hydrogen-bond donors (Lipinski definition) is 2. The molecule has 0 saturated carbocycles. The molecule has 0 radical (unpaired) electrons. The maximum absolute atomic E-state index is 12.7. The van der Waals surface area contributed by atoms with E-state index in [1.807, 2.05) is 30.3 Å². The molecule has 144 valence electrons. The molecule has 1 amide bonds. The molecular weight excluding hydrogens is 350 g/mol. The van der Waals surface area contributed by atoms with Crippen molar-refractivity contribution in [1.82, 2.24) is 10.4 Å². The van der Waals surface area contributed by atoms with Gasteiger partial charge in [0.15, 0.2) is 0 Å². The molecule has 2 N–H and O–H groups in total. The summed E-state index contributed by atoms with van der Waals surface area (Å²) in [5.41, 5.74) is 5.39. The highest BCUT2D eigenvalue weighted by Crippen LogP contribution is 2.20. The fourth-order valence-electron chi connectivity index (χ4n) is 3.10. The molecule has 0 unspecified atom stereocenters. The quantitative estimate of drug-likeness (QED) is 0.336. The number of hydrogen-bond acceptors (Lipinski definition) is 4. The Morgan fingerprint density at radius 1 is 1.11 bits per heavy atom. The molecule has 2 aromatic carbocycles. The zero-order valence-electron chi connectivity index (χ0n) is 16.1. The van der Waals surface area contributed by atoms with Crippen molar-refractivity contribution in [3.63, 3.8) is 0 Å². The van der Waals surface area contributed by atoms with Crippen LogP contribution in [0.3, 0.4) is 0 Å². The normalized spacial score (nSPS) is 11.2. The van der Waals surface area contributed by atoms with E-state index < -0.39 is 0 Å². The summed E-state index contributed by atoms with van der Waals surface area (Å²) in [7, 11) is 0. The third-order valence-electron chi connectivity index (χ3n) is 4.61. The highest BCUT2D eigenvalue weighted by molar-refractivity contribution is 6.06. The lowest BCUT2D eigenvalue weighted by molar-refractivity contribution is 0.0956. The summed E-state index contributed by atoms with van der Waals surface area (Å²) in [6, 6.07) is 16.3. The summed E-state index contributed by atoms with van der Waals surface area (Å²) in [5.74, 6) is -0.177. The van der Waals surface area contributed by atoms with Crippen molar-refractivity contribution in [1.29, 1.82) is 0 Å². The Morgan fingerprint density at radius 2 is 1.89 bits per heavy atom. The lowest BCUT2D eigenvalue weighted by Crippen LogP contribution is -2.18. The first kappa shape index (κ1) is 19.5. The largest absolute Gasteiger partial charge is 0.507 e. The molecule has 0 spiro atoms. The predicted octanol–water partition coefficient (Wildman–Crippen LogP) is 4.83. The van der Waals surface area contributed by atoms with Crippen molar-refractivity contribution in [2.75, 3.05) is 0 Å². The fraction of sp³-hybridized carbons (Fsp3) is 0.261. The van der Waals surface area contributed by atoms with Crippen LogP contribution in [-0.4, -0.2) is 22.2 Å². The molecule has 0 aliphatic heterocycles. The minimum Gasteiger partial charge on any atom is -0.507 e. The summed E-state index contributed by atoms with van der Waals surface area (Å²) in [6.45, 7) is 2.19. The van der Waals surface area contributed by atoms with Gasteiger partial charge in [0, 0.05) is 16.6 Å². The average molecular weight is 375 g/mol. The number of carbonyl (C=O) groups excluding carboxylic acids is 1. The Bertz CT molecular complexity index is 982. The number of amides is 1. The molecule has 3 rings (SSSR count). The van der Waals surface area contributed by atoms with Crippen LogP contribution in [0.1, 0.15) is 54.2 Å². The number of nitrogens with zero attached hydrogens (tertiary/aromatic N) is 2. The SMILES string of the molecule is CCCCCCc1cc(C(=O)N/N=C/c2ccccc2O)c2ccccc2n1. The zero-order valence-corrected chi connectivity index (χ0v) is 16.1. The van der Waals surface area contributed by atoms with Gasteiger partial charge in [0.2, 0.25) is 0 Å². The molecule has 0 atom stereocenters. The second-order valence-electron chi connectivity index (χ2n) is 6.75. The predicted molar refractivity (Wildman–Crippen MR) is 113 cm³/mol. The van der Waals surface area contributed by atoms with E-state index >= 15 is 0 Å². The van der Waals surface area contributed by atoms with Gasteiger partial charge in [-0.3, -0.25) is 9.78 Å². The minimum absolute atomic E-state index is 0.115. The van der Waals surface area contributed by atoms with E-state index in [0.717, 1.165) is 35.9 Å². The Kier molecular flexibility index (Phi) is 6.73. The topological polar surface area (TPSA) is 74.6 Å². The highest BCUT2D eigenvalue weighted by Gasteiger charge is 2.12. The molecule has 28 heavy (non-hydrogen) atoms.